The highest BCUT2D eigenvalue weighted by atomic mass is 35.5. The van der Waals surface area contributed by atoms with E-state index in [1.54, 1.807) is 16.9 Å². The molecule has 0 radical (unpaired) electrons. The summed E-state index contributed by atoms with van der Waals surface area (Å²) < 4.78 is 142. The van der Waals surface area contributed by atoms with Crippen LogP contribution in [0.3, 0.4) is 0 Å². The number of amides is 1. The van der Waals surface area contributed by atoms with E-state index in [4.69, 9.17) is 27.1 Å². The number of sulfonamides is 1. The molecule has 9 rings (SSSR count). The van der Waals surface area contributed by atoms with Crippen LogP contribution in [-0.4, -0.2) is 68.1 Å². The summed E-state index contributed by atoms with van der Waals surface area (Å²) in [6.07, 6.45) is -1.99. The summed E-state index contributed by atoms with van der Waals surface area (Å²) in [4.78, 5) is 18.8. The molecule has 1 amide bonds. The fourth-order valence-electron chi connectivity index (χ4n) is 8.50. The molecule has 1 unspecified atom stereocenters. The molecule has 13 nitrogen and oxygen atoms in total. The minimum absolute atomic E-state index is 0.0564. The molecule has 5 heterocycles. The topological polar surface area (TPSA) is 165 Å². The molecule has 6 aromatic rings. The third kappa shape index (κ3) is 6.66. The number of nitrogens with two attached hydrogens (primary N) is 1. The number of fused-ring (bicyclic) bond motifs is 4. The largest absolute Gasteiger partial charge is 0.435 e. The molecule has 2 fully saturated rings. The number of aromatic nitrogens is 7. The van der Waals surface area contributed by atoms with E-state index in [1.165, 1.54) is 36.1 Å². The average molecular weight is 878 g/mol. The molecule has 0 bridgehead atoms. The molecule has 2 aromatic carbocycles. The molecule has 314 valence electrons. The number of primary amides is 1. The number of anilines is 1. The zero-order valence-corrected chi connectivity index (χ0v) is 32.8. The fraction of sp³-hybridized carbons (Fsp3) is 0.342. The summed E-state index contributed by atoms with van der Waals surface area (Å²) in [5, 5.41) is 12.6. The fourth-order valence-corrected chi connectivity index (χ4v) is 9.23. The summed E-state index contributed by atoms with van der Waals surface area (Å²) in [5.74, 6) is -11.8. The Kier molecular flexibility index (Phi) is 9.14. The van der Waals surface area contributed by atoms with Crippen molar-refractivity contribution in [3.05, 3.63) is 99.7 Å². The lowest BCUT2D eigenvalue weighted by Crippen LogP contribution is -2.37. The van der Waals surface area contributed by atoms with Gasteiger partial charge in [0.25, 0.3) is 5.92 Å². The maximum atomic E-state index is 16.2. The van der Waals surface area contributed by atoms with Crippen molar-refractivity contribution >= 4 is 44.3 Å². The molecule has 2 aliphatic carbocycles. The summed E-state index contributed by atoms with van der Waals surface area (Å²) in [6.45, 7) is 0.776. The van der Waals surface area contributed by atoms with Gasteiger partial charge in [-0.05, 0) is 48.6 Å². The molecule has 4 atom stereocenters. The van der Waals surface area contributed by atoms with Crippen molar-refractivity contribution in [3.63, 3.8) is 0 Å². The third-order valence-electron chi connectivity index (χ3n) is 11.1. The van der Waals surface area contributed by atoms with Crippen molar-refractivity contribution in [3.8, 4) is 22.4 Å². The first-order valence-corrected chi connectivity index (χ1v) is 20.6. The summed E-state index contributed by atoms with van der Waals surface area (Å²) >= 11 is 6.63. The Morgan fingerprint density at radius 1 is 1.08 bits per heavy atom. The van der Waals surface area contributed by atoms with Crippen LogP contribution >= 0.6 is 11.6 Å². The summed E-state index contributed by atoms with van der Waals surface area (Å²) in [5.41, 5.74) is 3.47. The average Bonchev–Trinajstić information content (AvgIpc) is 3.34. The van der Waals surface area contributed by atoms with E-state index >= 15 is 8.78 Å². The third-order valence-corrected chi connectivity index (χ3v) is 12.0. The summed E-state index contributed by atoms with van der Waals surface area (Å²) in [6, 6.07) is 6.20. The van der Waals surface area contributed by atoms with Crippen LogP contribution < -0.4 is 10.5 Å². The van der Waals surface area contributed by atoms with Crippen molar-refractivity contribution in [2.75, 3.05) is 24.2 Å². The van der Waals surface area contributed by atoms with Crippen LogP contribution in [0.15, 0.2) is 54.9 Å². The smallest absolute Gasteiger partial charge is 0.377 e. The zero-order chi connectivity index (χ0) is 42.8. The molecule has 3 N–H and O–H groups in total. The number of rotatable bonds is 11. The first-order chi connectivity index (χ1) is 28.2. The second-order valence-electron chi connectivity index (χ2n) is 15.3. The number of benzene rings is 2. The van der Waals surface area contributed by atoms with Gasteiger partial charge in [-0.1, -0.05) is 23.7 Å². The predicted molar refractivity (Wildman–Crippen MR) is 202 cm³/mol. The molecule has 60 heavy (non-hydrogen) atoms. The number of hydrogen-bond donors (Lipinski definition) is 2. The highest BCUT2D eigenvalue weighted by molar-refractivity contribution is 7.92. The van der Waals surface area contributed by atoms with E-state index in [0.717, 1.165) is 18.4 Å². The number of hydrogen-bond acceptors (Lipinski definition) is 8. The molecule has 1 saturated carbocycles. The van der Waals surface area contributed by atoms with E-state index in [1.807, 2.05) is 0 Å². The van der Waals surface area contributed by atoms with Gasteiger partial charge in [0.2, 0.25) is 15.9 Å². The van der Waals surface area contributed by atoms with E-state index in [-0.39, 0.29) is 62.3 Å². The molecule has 0 spiro atoms. The SMILES string of the molecule is Cn1nc(NS(C)(=O)=O)c2c(Cl)ccc(-c3ccc(-c4cnn(C5COC5)c4)nc3[C@@H](Cc3cc(F)cc(F)c3)C(C(N)=O)n3nc(C(F)(F)F)c4c3C(F)(F)[C@@H]3C[C@H]43)c21. The monoisotopic (exact) mass is 877 g/mol. The number of halogens is 8. The Hall–Kier alpha value is -5.54. The van der Waals surface area contributed by atoms with E-state index in [2.05, 4.69) is 20.0 Å². The van der Waals surface area contributed by atoms with Crippen molar-refractivity contribution in [1.82, 2.24) is 34.3 Å². The van der Waals surface area contributed by atoms with Gasteiger partial charge < -0.3 is 10.5 Å². The number of pyridine rings is 1. The van der Waals surface area contributed by atoms with Gasteiger partial charge in [0.1, 0.15) is 23.4 Å². The number of carbonyl (C=O) groups is 1. The van der Waals surface area contributed by atoms with Crippen molar-refractivity contribution in [2.24, 2.45) is 18.7 Å². The van der Waals surface area contributed by atoms with Crippen LogP contribution in [0.2, 0.25) is 5.02 Å². The van der Waals surface area contributed by atoms with Crippen LogP contribution in [0.4, 0.5) is 36.6 Å². The standard InChI is InChI=1S/C38H31ClF7N9O4S/c1-53-31-22(3-5-26(39)29(31)36(51-53)52-60(2,57)58)21-4-6-27(17-12-48-54(13-17)20-14-59-15-20)49-30(21)24(9-16-7-18(40)10-19(41)8-16)32(35(47)56)55-34-28(33(50-55)38(44,45)46)23-11-25(23)37(34,42)43/h3-8,10,12-13,20,23-25,32H,9,11,14-15H2,1-2H3,(H2,47,56)(H,51,52)/t23-,24+,25+,32?/m0/s1. The molecule has 1 saturated heterocycles. The molecule has 22 heteroatoms. The maximum absolute atomic E-state index is 16.2. The molecular weight excluding hydrogens is 847 g/mol. The Morgan fingerprint density at radius 3 is 2.42 bits per heavy atom. The van der Waals surface area contributed by atoms with E-state index in [0.29, 0.717) is 29.5 Å². The molecule has 4 aromatic heterocycles. The molecule has 3 aliphatic rings. The lowest BCUT2D eigenvalue weighted by atomic mass is 9.83. The van der Waals surface area contributed by atoms with Crippen molar-refractivity contribution in [1.29, 1.82) is 0 Å². The van der Waals surface area contributed by atoms with Crippen molar-refractivity contribution < 1.29 is 48.7 Å². The molecule has 1 aliphatic heterocycles. The first-order valence-electron chi connectivity index (χ1n) is 18.3. The van der Waals surface area contributed by atoms with Gasteiger partial charge in [-0.25, -0.2) is 21.9 Å². The van der Waals surface area contributed by atoms with Gasteiger partial charge in [-0.15, -0.1) is 0 Å². The maximum Gasteiger partial charge on any atom is 0.435 e. The number of alkyl halides is 5. The van der Waals surface area contributed by atoms with Crippen molar-refractivity contribution in [2.45, 2.75) is 48.9 Å². The van der Waals surface area contributed by atoms with Gasteiger partial charge in [0.15, 0.2) is 11.5 Å². The van der Waals surface area contributed by atoms with E-state index < -0.39 is 86.8 Å². The number of aryl methyl sites for hydroxylation is 1. The Balaban J connectivity index is 1.34. The number of ether oxygens (including phenoxy) is 1. The predicted octanol–water partition coefficient (Wildman–Crippen LogP) is 6.85. The van der Waals surface area contributed by atoms with Crippen LogP contribution in [0.1, 0.15) is 58.5 Å². The number of nitrogens with one attached hydrogen (secondary N) is 1. The van der Waals surface area contributed by atoms with Gasteiger partial charge in [0.05, 0.1) is 59.0 Å². The van der Waals surface area contributed by atoms with Crippen LogP contribution in [0, 0.1) is 17.6 Å². The second kappa shape index (κ2) is 13.7. The Morgan fingerprint density at radius 2 is 1.78 bits per heavy atom. The Bertz CT molecular complexity index is 2850. The lowest BCUT2D eigenvalue weighted by molar-refractivity contribution is -0.142. The first kappa shape index (κ1) is 39.9. The minimum Gasteiger partial charge on any atom is -0.377 e. The minimum atomic E-state index is -5.21. The summed E-state index contributed by atoms with van der Waals surface area (Å²) in [7, 11) is -2.42. The molecular formula is C38H31ClF7N9O4S. The van der Waals surface area contributed by atoms with Crippen LogP contribution in [-0.2, 0) is 45.1 Å². The lowest BCUT2D eigenvalue weighted by Gasteiger charge is -2.30. The van der Waals surface area contributed by atoms with Gasteiger partial charge in [-0.2, -0.15) is 37.2 Å². The van der Waals surface area contributed by atoms with Crippen LogP contribution in [0.25, 0.3) is 33.3 Å². The Labute approximate surface area is 340 Å². The van der Waals surface area contributed by atoms with Gasteiger partial charge in [-0.3, -0.25) is 23.9 Å². The number of nitrogens with zero attached hydrogens (tertiary/aromatic N) is 7. The quantitative estimate of drug-likeness (QED) is 0.134. The number of carbonyl (C=O) groups excluding carboxylic acids is 1. The highest BCUT2D eigenvalue weighted by Crippen LogP contribution is 2.69. The zero-order valence-electron chi connectivity index (χ0n) is 31.2. The van der Waals surface area contributed by atoms with Crippen LogP contribution in [0.5, 0.6) is 0 Å². The van der Waals surface area contributed by atoms with E-state index in [9.17, 15) is 35.2 Å². The van der Waals surface area contributed by atoms with Gasteiger partial charge in [0, 0.05) is 53.4 Å². The van der Waals surface area contributed by atoms with Gasteiger partial charge >= 0.3 is 6.18 Å². The normalized spacial score (nSPS) is 19.5. The second-order valence-corrected chi connectivity index (χ2v) is 17.4. The highest BCUT2D eigenvalue weighted by Gasteiger charge is 2.69.